The molecule has 0 amide bonds. The van der Waals surface area contributed by atoms with Crippen molar-refractivity contribution in [2.24, 2.45) is 0 Å². The smallest absolute Gasteiger partial charge is 0.0453 e. The Labute approximate surface area is 143 Å². The summed E-state index contributed by atoms with van der Waals surface area (Å²) in [6.45, 7) is 8.39. The number of hydrogen-bond donors (Lipinski definition) is 1. The molecule has 0 saturated carbocycles. The van der Waals surface area contributed by atoms with E-state index in [4.69, 9.17) is 23.2 Å². The lowest BCUT2D eigenvalue weighted by atomic mass is 9.87. The van der Waals surface area contributed by atoms with E-state index in [1.54, 1.807) is 0 Å². The van der Waals surface area contributed by atoms with Gasteiger partial charge < -0.3 is 5.32 Å². The molecule has 0 radical (unpaired) electrons. The summed E-state index contributed by atoms with van der Waals surface area (Å²) in [6.07, 6.45) is 0.832. The van der Waals surface area contributed by atoms with E-state index in [0.29, 0.717) is 0 Å². The number of nitrogens with one attached hydrogen (secondary N) is 1. The highest BCUT2D eigenvalue weighted by Crippen LogP contribution is 2.24. The van der Waals surface area contributed by atoms with Crippen molar-refractivity contribution in [2.75, 3.05) is 6.54 Å². The van der Waals surface area contributed by atoms with Crippen LogP contribution in [0.4, 0.5) is 0 Å². The maximum absolute atomic E-state index is 6.17. The Bertz CT molecular complexity index is 592. The summed E-state index contributed by atoms with van der Waals surface area (Å²) in [6, 6.07) is 14.4. The molecule has 0 spiro atoms. The van der Waals surface area contributed by atoms with Crippen molar-refractivity contribution in [2.45, 2.75) is 39.2 Å². The molecule has 2 rings (SSSR count). The van der Waals surface area contributed by atoms with Gasteiger partial charge in [0.05, 0.1) is 0 Å². The van der Waals surface area contributed by atoms with Crippen molar-refractivity contribution >= 4 is 23.2 Å². The Hall–Kier alpha value is -1.02. The Morgan fingerprint density at radius 3 is 2.05 bits per heavy atom. The van der Waals surface area contributed by atoms with Gasteiger partial charge in [0.15, 0.2) is 0 Å². The van der Waals surface area contributed by atoms with E-state index in [1.807, 2.05) is 18.2 Å². The predicted molar refractivity (Wildman–Crippen MR) is 97.0 cm³/mol. The first-order valence-electron chi connectivity index (χ1n) is 7.61. The highest BCUT2D eigenvalue weighted by molar-refractivity contribution is 6.35. The van der Waals surface area contributed by atoms with Crippen LogP contribution in [0.3, 0.4) is 0 Å². The number of hydrogen-bond acceptors (Lipinski definition) is 1. The molecular weight excluding hydrogens is 313 g/mol. The van der Waals surface area contributed by atoms with Gasteiger partial charge in [-0.15, -0.1) is 0 Å². The molecule has 22 heavy (non-hydrogen) atoms. The molecule has 0 aliphatic heterocycles. The second kappa shape index (κ2) is 7.50. The van der Waals surface area contributed by atoms with E-state index < -0.39 is 0 Å². The second-order valence-corrected chi connectivity index (χ2v) is 7.39. The molecule has 0 atom stereocenters. The summed E-state index contributed by atoms with van der Waals surface area (Å²) in [5.74, 6) is 0. The molecule has 118 valence electrons. The van der Waals surface area contributed by atoms with Gasteiger partial charge in [0.1, 0.15) is 0 Å². The summed E-state index contributed by atoms with van der Waals surface area (Å²) in [4.78, 5) is 0. The minimum atomic E-state index is 0.201. The van der Waals surface area contributed by atoms with E-state index in [0.717, 1.165) is 35.1 Å². The zero-order chi connectivity index (χ0) is 16.2. The van der Waals surface area contributed by atoms with Gasteiger partial charge in [0, 0.05) is 16.6 Å². The van der Waals surface area contributed by atoms with Gasteiger partial charge in [-0.3, -0.25) is 0 Å². The van der Waals surface area contributed by atoms with E-state index in [9.17, 15) is 0 Å². The lowest BCUT2D eigenvalue weighted by molar-refractivity contribution is 0.589. The van der Waals surface area contributed by atoms with Crippen LogP contribution in [0.2, 0.25) is 10.0 Å². The van der Waals surface area contributed by atoms with Gasteiger partial charge in [-0.25, -0.2) is 0 Å². The minimum Gasteiger partial charge on any atom is -0.312 e. The molecule has 0 heterocycles. The lowest BCUT2D eigenvalue weighted by Gasteiger charge is -2.19. The fourth-order valence-electron chi connectivity index (χ4n) is 2.34. The molecule has 3 heteroatoms. The maximum Gasteiger partial charge on any atom is 0.0453 e. The van der Waals surface area contributed by atoms with Gasteiger partial charge in [0.25, 0.3) is 0 Å². The van der Waals surface area contributed by atoms with Crippen molar-refractivity contribution in [1.82, 2.24) is 5.32 Å². The summed E-state index contributed by atoms with van der Waals surface area (Å²) < 4.78 is 0. The Morgan fingerprint density at radius 2 is 1.50 bits per heavy atom. The van der Waals surface area contributed by atoms with E-state index in [-0.39, 0.29) is 5.41 Å². The van der Waals surface area contributed by atoms with Crippen LogP contribution in [0.15, 0.2) is 42.5 Å². The third-order valence-electron chi connectivity index (χ3n) is 3.76. The third-order valence-corrected chi connectivity index (χ3v) is 4.47. The van der Waals surface area contributed by atoms with Crippen LogP contribution < -0.4 is 5.32 Å². The summed E-state index contributed by atoms with van der Waals surface area (Å²) in [5.41, 5.74) is 3.87. The van der Waals surface area contributed by atoms with Crippen LogP contribution in [0.1, 0.15) is 37.5 Å². The van der Waals surface area contributed by atoms with E-state index in [2.05, 4.69) is 50.4 Å². The molecular formula is C19H23Cl2N. The van der Waals surface area contributed by atoms with E-state index in [1.165, 1.54) is 11.1 Å². The van der Waals surface area contributed by atoms with Gasteiger partial charge >= 0.3 is 0 Å². The van der Waals surface area contributed by atoms with Crippen molar-refractivity contribution < 1.29 is 0 Å². The normalized spacial score (nSPS) is 11.7. The van der Waals surface area contributed by atoms with Gasteiger partial charge in [-0.2, -0.15) is 0 Å². The maximum atomic E-state index is 6.17. The summed E-state index contributed by atoms with van der Waals surface area (Å²) in [5, 5.41) is 4.92. The fraction of sp³-hybridized carbons (Fsp3) is 0.368. The van der Waals surface area contributed by atoms with Crippen LogP contribution in [0.25, 0.3) is 0 Å². The molecule has 1 nitrogen and oxygen atoms in total. The predicted octanol–water partition coefficient (Wildman–Crippen LogP) is 5.62. The Balaban J connectivity index is 1.84. The van der Waals surface area contributed by atoms with Gasteiger partial charge in [-0.1, -0.05) is 74.3 Å². The largest absolute Gasteiger partial charge is 0.312 e. The molecule has 0 unspecified atom stereocenters. The first kappa shape index (κ1) is 17.3. The number of halogens is 2. The monoisotopic (exact) mass is 335 g/mol. The number of rotatable bonds is 5. The highest BCUT2D eigenvalue weighted by Gasteiger charge is 2.12. The molecule has 0 saturated heterocycles. The lowest BCUT2D eigenvalue weighted by Crippen LogP contribution is -2.17. The van der Waals surface area contributed by atoms with Crippen LogP contribution in [-0.2, 0) is 18.4 Å². The molecule has 0 bridgehead atoms. The van der Waals surface area contributed by atoms with Crippen LogP contribution in [0, 0.1) is 0 Å². The quantitative estimate of drug-likeness (QED) is 0.699. The highest BCUT2D eigenvalue weighted by atomic mass is 35.5. The molecule has 2 aromatic carbocycles. The minimum absolute atomic E-state index is 0.201. The topological polar surface area (TPSA) is 12.0 Å². The molecule has 1 N–H and O–H groups in total. The first-order chi connectivity index (χ1) is 10.4. The fourth-order valence-corrected chi connectivity index (χ4v) is 2.93. The number of benzene rings is 2. The third kappa shape index (κ3) is 4.74. The summed E-state index contributed by atoms with van der Waals surface area (Å²) in [7, 11) is 0. The standard InChI is InChI=1S/C19H23Cl2N/c1-19(2,3)15-9-7-14(8-10-15)13-22-12-11-16-17(20)5-4-6-18(16)21/h4-10,22H,11-13H2,1-3H3. The molecule has 0 aliphatic carbocycles. The zero-order valence-electron chi connectivity index (χ0n) is 13.4. The van der Waals surface area contributed by atoms with Gasteiger partial charge in [0.2, 0.25) is 0 Å². The average Bonchev–Trinajstić information content (AvgIpc) is 2.45. The Kier molecular flexibility index (Phi) is 5.91. The molecule has 2 aromatic rings. The Morgan fingerprint density at radius 1 is 0.909 bits per heavy atom. The molecule has 0 fully saturated rings. The molecule has 0 aliphatic rings. The summed E-state index contributed by atoms with van der Waals surface area (Å²) >= 11 is 12.3. The average molecular weight is 336 g/mol. The first-order valence-corrected chi connectivity index (χ1v) is 8.36. The van der Waals surface area contributed by atoms with Crippen molar-refractivity contribution in [3.05, 3.63) is 69.2 Å². The van der Waals surface area contributed by atoms with Crippen molar-refractivity contribution in [1.29, 1.82) is 0 Å². The second-order valence-electron chi connectivity index (χ2n) is 6.57. The van der Waals surface area contributed by atoms with E-state index >= 15 is 0 Å². The zero-order valence-corrected chi connectivity index (χ0v) is 14.9. The van der Waals surface area contributed by atoms with Crippen LogP contribution in [-0.4, -0.2) is 6.54 Å². The molecule has 0 aromatic heterocycles. The van der Waals surface area contributed by atoms with Crippen LogP contribution >= 0.6 is 23.2 Å². The SMILES string of the molecule is CC(C)(C)c1ccc(CNCCc2c(Cl)cccc2Cl)cc1. The van der Waals surface area contributed by atoms with Crippen molar-refractivity contribution in [3.8, 4) is 0 Å². The van der Waals surface area contributed by atoms with Crippen molar-refractivity contribution in [3.63, 3.8) is 0 Å². The van der Waals surface area contributed by atoms with Crippen LogP contribution in [0.5, 0.6) is 0 Å². The van der Waals surface area contributed by atoms with Gasteiger partial charge in [-0.05, 0) is 47.2 Å².